The minimum atomic E-state index is -3.60. The summed E-state index contributed by atoms with van der Waals surface area (Å²) in [6.45, 7) is 4.30. The van der Waals surface area contributed by atoms with Crippen LogP contribution in [0, 0.1) is 5.41 Å². The molecule has 0 bridgehead atoms. The summed E-state index contributed by atoms with van der Waals surface area (Å²) in [5.41, 5.74) is 0.228. The van der Waals surface area contributed by atoms with Crippen LogP contribution in [0.3, 0.4) is 0 Å². The van der Waals surface area contributed by atoms with Gasteiger partial charge in [0.25, 0.3) is 0 Å². The zero-order valence-electron chi connectivity index (χ0n) is 12.3. The van der Waals surface area contributed by atoms with E-state index in [1.165, 1.54) is 24.3 Å². The summed E-state index contributed by atoms with van der Waals surface area (Å²) < 4.78 is 27.4. The maximum atomic E-state index is 12.3. The fourth-order valence-electron chi connectivity index (χ4n) is 2.86. The first-order valence-corrected chi connectivity index (χ1v) is 8.54. The van der Waals surface area contributed by atoms with Crippen molar-refractivity contribution < 1.29 is 18.3 Å². The van der Waals surface area contributed by atoms with Gasteiger partial charge < -0.3 is 5.11 Å². The second-order valence-electron chi connectivity index (χ2n) is 6.41. The second kappa shape index (κ2) is 5.77. The molecule has 2 rings (SSSR count). The van der Waals surface area contributed by atoms with Crippen LogP contribution in [-0.2, 0) is 10.0 Å². The number of carboxylic acid groups (broad SMARTS) is 1. The summed E-state index contributed by atoms with van der Waals surface area (Å²) in [5.74, 6) is -1.07. The fraction of sp³-hybridized carbons (Fsp3) is 0.533. The van der Waals surface area contributed by atoms with Gasteiger partial charge in [0.1, 0.15) is 0 Å². The molecule has 0 aromatic heterocycles. The number of benzene rings is 1. The van der Waals surface area contributed by atoms with Gasteiger partial charge in [-0.3, -0.25) is 0 Å². The molecule has 0 saturated heterocycles. The van der Waals surface area contributed by atoms with E-state index in [0.717, 1.165) is 25.7 Å². The Labute approximate surface area is 125 Å². The Kier molecular flexibility index (Phi) is 4.39. The van der Waals surface area contributed by atoms with Crippen molar-refractivity contribution in [3.8, 4) is 0 Å². The molecule has 0 radical (unpaired) electrons. The molecule has 2 N–H and O–H groups in total. The van der Waals surface area contributed by atoms with Gasteiger partial charge in [-0.15, -0.1) is 0 Å². The largest absolute Gasteiger partial charge is 0.478 e. The van der Waals surface area contributed by atoms with Crippen LogP contribution in [0.5, 0.6) is 0 Å². The van der Waals surface area contributed by atoms with Crippen molar-refractivity contribution >= 4 is 16.0 Å². The summed E-state index contributed by atoms with van der Waals surface area (Å²) >= 11 is 0. The maximum absolute atomic E-state index is 12.3. The summed E-state index contributed by atoms with van der Waals surface area (Å²) in [6.07, 6.45) is 3.78. The molecule has 21 heavy (non-hydrogen) atoms. The highest BCUT2D eigenvalue weighted by Gasteiger charge is 2.30. The normalized spacial score (nSPS) is 21.9. The molecule has 1 aromatic rings. The van der Waals surface area contributed by atoms with Crippen molar-refractivity contribution in [3.05, 3.63) is 29.8 Å². The SMILES string of the molecule is CC1(C)CCCC(NS(=O)(=O)c2ccc(C(=O)O)cc2)C1. The Morgan fingerprint density at radius 2 is 1.90 bits per heavy atom. The number of nitrogens with one attached hydrogen (secondary N) is 1. The van der Waals surface area contributed by atoms with Crippen molar-refractivity contribution in [2.24, 2.45) is 5.41 Å². The van der Waals surface area contributed by atoms with E-state index in [-0.39, 0.29) is 21.9 Å². The van der Waals surface area contributed by atoms with Crippen LogP contribution < -0.4 is 4.72 Å². The third kappa shape index (κ3) is 4.04. The monoisotopic (exact) mass is 311 g/mol. The first kappa shape index (κ1) is 16.0. The number of hydrogen-bond donors (Lipinski definition) is 2. The molecule has 0 amide bonds. The molecule has 1 unspecified atom stereocenters. The molecule has 1 atom stereocenters. The van der Waals surface area contributed by atoms with Crippen LogP contribution in [0.4, 0.5) is 0 Å². The number of sulfonamides is 1. The minimum absolute atomic E-state index is 0.0575. The Hall–Kier alpha value is -1.40. The van der Waals surface area contributed by atoms with E-state index in [1.54, 1.807) is 0 Å². The number of rotatable bonds is 4. The lowest BCUT2D eigenvalue weighted by Gasteiger charge is -2.35. The average molecular weight is 311 g/mol. The Morgan fingerprint density at radius 1 is 1.29 bits per heavy atom. The highest BCUT2D eigenvalue weighted by Crippen LogP contribution is 2.35. The lowest BCUT2D eigenvalue weighted by atomic mass is 9.75. The Balaban J connectivity index is 2.13. The second-order valence-corrected chi connectivity index (χ2v) is 8.12. The lowest BCUT2D eigenvalue weighted by Crippen LogP contribution is -2.40. The highest BCUT2D eigenvalue weighted by atomic mass is 32.2. The molecular formula is C15H21NO4S. The molecule has 1 aliphatic rings. The van der Waals surface area contributed by atoms with Crippen LogP contribution in [0.25, 0.3) is 0 Å². The maximum Gasteiger partial charge on any atom is 0.335 e. The molecule has 6 heteroatoms. The van der Waals surface area contributed by atoms with Gasteiger partial charge in [-0.25, -0.2) is 17.9 Å². The van der Waals surface area contributed by atoms with Crippen molar-refractivity contribution in [2.45, 2.75) is 50.5 Å². The molecular weight excluding hydrogens is 290 g/mol. The predicted molar refractivity (Wildman–Crippen MR) is 79.8 cm³/mol. The van der Waals surface area contributed by atoms with Gasteiger partial charge in [0.05, 0.1) is 10.5 Å². The van der Waals surface area contributed by atoms with Gasteiger partial charge in [-0.1, -0.05) is 20.3 Å². The third-order valence-corrected chi connectivity index (χ3v) is 5.47. The number of aromatic carboxylic acids is 1. The van der Waals surface area contributed by atoms with E-state index < -0.39 is 16.0 Å². The van der Waals surface area contributed by atoms with Gasteiger partial charge in [0.2, 0.25) is 10.0 Å². The first-order valence-electron chi connectivity index (χ1n) is 7.05. The summed E-state index contributed by atoms with van der Waals surface area (Å²) in [4.78, 5) is 10.9. The van der Waals surface area contributed by atoms with Crippen LogP contribution in [0.1, 0.15) is 49.9 Å². The van der Waals surface area contributed by atoms with Crippen molar-refractivity contribution in [1.82, 2.24) is 4.72 Å². The first-order chi connectivity index (χ1) is 9.70. The number of carboxylic acids is 1. The predicted octanol–water partition coefficient (Wildman–Crippen LogP) is 2.63. The fourth-order valence-corrected chi connectivity index (χ4v) is 4.13. The van der Waals surface area contributed by atoms with Gasteiger partial charge in [-0.05, 0) is 48.9 Å². The minimum Gasteiger partial charge on any atom is -0.478 e. The highest BCUT2D eigenvalue weighted by molar-refractivity contribution is 7.89. The van der Waals surface area contributed by atoms with Crippen molar-refractivity contribution in [3.63, 3.8) is 0 Å². The quantitative estimate of drug-likeness (QED) is 0.895. The van der Waals surface area contributed by atoms with Gasteiger partial charge in [0.15, 0.2) is 0 Å². The molecule has 1 aromatic carbocycles. The Morgan fingerprint density at radius 3 is 2.43 bits per heavy atom. The van der Waals surface area contributed by atoms with Crippen molar-refractivity contribution in [1.29, 1.82) is 0 Å². The van der Waals surface area contributed by atoms with Crippen LogP contribution >= 0.6 is 0 Å². The van der Waals surface area contributed by atoms with Crippen LogP contribution in [0.2, 0.25) is 0 Å². The third-order valence-electron chi connectivity index (χ3n) is 3.94. The van der Waals surface area contributed by atoms with E-state index in [4.69, 9.17) is 5.11 Å². The topological polar surface area (TPSA) is 83.5 Å². The average Bonchev–Trinajstić information content (AvgIpc) is 2.37. The zero-order valence-corrected chi connectivity index (χ0v) is 13.1. The van der Waals surface area contributed by atoms with Gasteiger partial charge in [-0.2, -0.15) is 0 Å². The number of hydrogen-bond acceptors (Lipinski definition) is 3. The van der Waals surface area contributed by atoms with Crippen molar-refractivity contribution in [2.75, 3.05) is 0 Å². The van der Waals surface area contributed by atoms with E-state index in [1.807, 2.05) is 0 Å². The zero-order chi connectivity index (χ0) is 15.7. The standard InChI is InChI=1S/C15H21NO4S/c1-15(2)9-3-4-12(10-15)16-21(19,20)13-7-5-11(6-8-13)14(17)18/h5-8,12,16H,3-4,9-10H2,1-2H3,(H,17,18). The molecule has 116 valence electrons. The molecule has 1 fully saturated rings. The molecule has 1 saturated carbocycles. The van der Waals surface area contributed by atoms with E-state index in [9.17, 15) is 13.2 Å². The Bertz CT molecular complexity index is 620. The lowest BCUT2D eigenvalue weighted by molar-refractivity contribution is 0.0696. The van der Waals surface area contributed by atoms with Crippen LogP contribution in [-0.4, -0.2) is 25.5 Å². The molecule has 1 aliphatic carbocycles. The van der Waals surface area contributed by atoms with Crippen LogP contribution in [0.15, 0.2) is 29.2 Å². The molecule has 5 nitrogen and oxygen atoms in total. The smallest absolute Gasteiger partial charge is 0.335 e. The molecule has 0 aliphatic heterocycles. The van der Waals surface area contributed by atoms with Gasteiger partial charge >= 0.3 is 5.97 Å². The summed E-state index contributed by atoms with van der Waals surface area (Å²) in [7, 11) is -3.60. The molecule has 0 heterocycles. The summed E-state index contributed by atoms with van der Waals surface area (Å²) in [6, 6.07) is 5.22. The van der Waals surface area contributed by atoms with E-state index >= 15 is 0 Å². The number of carbonyl (C=O) groups is 1. The van der Waals surface area contributed by atoms with E-state index in [2.05, 4.69) is 18.6 Å². The van der Waals surface area contributed by atoms with E-state index in [0.29, 0.717) is 0 Å². The molecule has 0 spiro atoms. The van der Waals surface area contributed by atoms with Gasteiger partial charge in [0, 0.05) is 6.04 Å². The summed E-state index contributed by atoms with van der Waals surface area (Å²) in [5, 5.41) is 8.83.